The minimum Gasteiger partial charge on any atom is -0.0622 e. The highest BCUT2D eigenvalue weighted by molar-refractivity contribution is 5.32. The van der Waals surface area contributed by atoms with Crippen LogP contribution < -0.4 is 0 Å². The average molecular weight is 190 g/mol. The standard InChI is InChI=1S/C14H22/c1-10(2)12(5)14-9-7-6-8-13(14)11(3)4/h6-12H,1-5H3/t12-/m1/s1. The van der Waals surface area contributed by atoms with E-state index < -0.39 is 0 Å². The Morgan fingerprint density at radius 2 is 1.29 bits per heavy atom. The van der Waals surface area contributed by atoms with Crippen molar-refractivity contribution >= 4 is 0 Å². The van der Waals surface area contributed by atoms with Crippen molar-refractivity contribution in [2.75, 3.05) is 0 Å². The molecule has 0 spiro atoms. The van der Waals surface area contributed by atoms with Crippen LogP contribution in [0, 0.1) is 5.92 Å². The van der Waals surface area contributed by atoms with Gasteiger partial charge in [0.2, 0.25) is 0 Å². The molecule has 0 nitrogen and oxygen atoms in total. The van der Waals surface area contributed by atoms with Crippen LogP contribution in [0.15, 0.2) is 24.3 Å². The molecule has 0 aliphatic carbocycles. The monoisotopic (exact) mass is 190 g/mol. The summed E-state index contributed by atoms with van der Waals surface area (Å²) in [5.74, 6) is 2.01. The molecule has 0 bridgehead atoms. The molecule has 0 saturated carbocycles. The summed E-state index contributed by atoms with van der Waals surface area (Å²) in [6.45, 7) is 11.5. The van der Waals surface area contributed by atoms with Gasteiger partial charge in [0.15, 0.2) is 0 Å². The summed E-state index contributed by atoms with van der Waals surface area (Å²) in [5, 5.41) is 0. The van der Waals surface area contributed by atoms with Crippen molar-refractivity contribution in [3.63, 3.8) is 0 Å². The Hall–Kier alpha value is -0.780. The highest BCUT2D eigenvalue weighted by Gasteiger charge is 2.14. The predicted octanol–water partition coefficient (Wildman–Crippen LogP) is 4.57. The fraction of sp³-hybridized carbons (Fsp3) is 0.571. The van der Waals surface area contributed by atoms with Gasteiger partial charge in [0, 0.05) is 0 Å². The van der Waals surface area contributed by atoms with E-state index in [1.165, 1.54) is 11.1 Å². The Morgan fingerprint density at radius 3 is 1.71 bits per heavy atom. The van der Waals surface area contributed by atoms with Crippen molar-refractivity contribution in [3.05, 3.63) is 35.4 Å². The summed E-state index contributed by atoms with van der Waals surface area (Å²) in [6, 6.07) is 8.84. The third-order valence-electron chi connectivity index (χ3n) is 3.11. The predicted molar refractivity (Wildman–Crippen MR) is 63.8 cm³/mol. The maximum atomic E-state index is 2.33. The van der Waals surface area contributed by atoms with Crippen molar-refractivity contribution in [2.45, 2.75) is 46.5 Å². The number of hydrogen-bond acceptors (Lipinski definition) is 0. The van der Waals surface area contributed by atoms with Gasteiger partial charge in [-0.1, -0.05) is 58.9 Å². The topological polar surface area (TPSA) is 0 Å². The Morgan fingerprint density at radius 1 is 0.786 bits per heavy atom. The fourth-order valence-corrected chi connectivity index (χ4v) is 1.81. The first-order valence-corrected chi connectivity index (χ1v) is 5.62. The average Bonchev–Trinajstić information content (AvgIpc) is 2.16. The Kier molecular flexibility index (Phi) is 3.74. The van der Waals surface area contributed by atoms with Crippen LogP contribution >= 0.6 is 0 Å². The molecule has 1 atom stereocenters. The third kappa shape index (κ3) is 2.37. The van der Waals surface area contributed by atoms with Crippen LogP contribution in [0.5, 0.6) is 0 Å². The molecule has 0 heterocycles. The number of hydrogen-bond donors (Lipinski definition) is 0. The van der Waals surface area contributed by atoms with E-state index in [-0.39, 0.29) is 0 Å². The minimum absolute atomic E-state index is 0.632. The molecule has 0 aliphatic rings. The number of benzene rings is 1. The first-order valence-electron chi connectivity index (χ1n) is 5.62. The van der Waals surface area contributed by atoms with Crippen molar-refractivity contribution in [2.24, 2.45) is 5.92 Å². The van der Waals surface area contributed by atoms with E-state index in [1.807, 2.05) is 0 Å². The lowest BCUT2D eigenvalue weighted by atomic mass is 9.84. The summed E-state index contributed by atoms with van der Waals surface area (Å²) in [7, 11) is 0. The lowest BCUT2D eigenvalue weighted by Crippen LogP contribution is -2.06. The van der Waals surface area contributed by atoms with Gasteiger partial charge in [-0.3, -0.25) is 0 Å². The number of rotatable bonds is 3. The first-order chi connectivity index (χ1) is 6.54. The van der Waals surface area contributed by atoms with Gasteiger partial charge in [-0.15, -0.1) is 0 Å². The molecule has 0 aromatic heterocycles. The van der Waals surface area contributed by atoms with Crippen LogP contribution in [0.2, 0.25) is 0 Å². The normalized spacial score (nSPS) is 13.6. The van der Waals surface area contributed by atoms with Crippen molar-refractivity contribution in [3.8, 4) is 0 Å². The van der Waals surface area contributed by atoms with Gasteiger partial charge in [0.05, 0.1) is 0 Å². The summed E-state index contributed by atoms with van der Waals surface area (Å²) in [5.41, 5.74) is 3.03. The molecule has 78 valence electrons. The summed E-state index contributed by atoms with van der Waals surface area (Å²) in [4.78, 5) is 0. The molecule has 0 unspecified atom stereocenters. The van der Waals surface area contributed by atoms with Gasteiger partial charge in [-0.2, -0.15) is 0 Å². The van der Waals surface area contributed by atoms with E-state index in [0.717, 1.165) is 5.92 Å². The van der Waals surface area contributed by atoms with E-state index >= 15 is 0 Å². The van der Waals surface area contributed by atoms with Crippen LogP contribution in [-0.4, -0.2) is 0 Å². The van der Waals surface area contributed by atoms with Gasteiger partial charge >= 0.3 is 0 Å². The molecule has 0 aliphatic heterocycles. The largest absolute Gasteiger partial charge is 0.0622 e. The Balaban J connectivity index is 3.06. The molecule has 0 saturated heterocycles. The van der Waals surface area contributed by atoms with Gasteiger partial charge in [-0.25, -0.2) is 0 Å². The molecular formula is C14H22. The van der Waals surface area contributed by atoms with Crippen LogP contribution in [-0.2, 0) is 0 Å². The van der Waals surface area contributed by atoms with E-state index in [1.54, 1.807) is 0 Å². The van der Waals surface area contributed by atoms with Crippen LogP contribution in [0.3, 0.4) is 0 Å². The summed E-state index contributed by atoms with van der Waals surface area (Å²) in [6.07, 6.45) is 0. The molecule has 1 aromatic carbocycles. The molecule has 0 N–H and O–H groups in total. The second kappa shape index (κ2) is 4.63. The maximum Gasteiger partial charge on any atom is -0.0164 e. The summed E-state index contributed by atoms with van der Waals surface area (Å²) >= 11 is 0. The first kappa shape index (κ1) is 11.3. The molecule has 14 heavy (non-hydrogen) atoms. The maximum absolute atomic E-state index is 2.33. The van der Waals surface area contributed by atoms with E-state index in [9.17, 15) is 0 Å². The minimum atomic E-state index is 0.632. The molecule has 0 amide bonds. The highest BCUT2D eigenvalue weighted by Crippen LogP contribution is 2.30. The van der Waals surface area contributed by atoms with Crippen molar-refractivity contribution in [1.82, 2.24) is 0 Å². The fourth-order valence-electron chi connectivity index (χ4n) is 1.81. The van der Waals surface area contributed by atoms with E-state index in [4.69, 9.17) is 0 Å². The van der Waals surface area contributed by atoms with Gasteiger partial charge in [0.25, 0.3) is 0 Å². The highest BCUT2D eigenvalue weighted by atomic mass is 14.2. The zero-order valence-corrected chi connectivity index (χ0v) is 10.0. The van der Waals surface area contributed by atoms with Crippen molar-refractivity contribution < 1.29 is 0 Å². The quantitative estimate of drug-likeness (QED) is 0.655. The van der Waals surface area contributed by atoms with Gasteiger partial charge in [-0.05, 0) is 28.9 Å². The molecular weight excluding hydrogens is 168 g/mol. The van der Waals surface area contributed by atoms with Crippen LogP contribution in [0.25, 0.3) is 0 Å². The molecule has 0 radical (unpaired) electrons. The van der Waals surface area contributed by atoms with E-state index in [0.29, 0.717) is 11.8 Å². The third-order valence-corrected chi connectivity index (χ3v) is 3.11. The molecule has 1 rings (SSSR count). The van der Waals surface area contributed by atoms with Crippen LogP contribution in [0.4, 0.5) is 0 Å². The lowest BCUT2D eigenvalue weighted by Gasteiger charge is -2.21. The zero-order valence-electron chi connectivity index (χ0n) is 10.0. The van der Waals surface area contributed by atoms with Crippen molar-refractivity contribution in [1.29, 1.82) is 0 Å². The van der Waals surface area contributed by atoms with Gasteiger partial charge in [0.1, 0.15) is 0 Å². The Labute approximate surface area is 88.4 Å². The van der Waals surface area contributed by atoms with E-state index in [2.05, 4.69) is 58.9 Å². The molecule has 0 heteroatoms. The zero-order chi connectivity index (χ0) is 10.7. The smallest absolute Gasteiger partial charge is 0.0164 e. The van der Waals surface area contributed by atoms with Gasteiger partial charge < -0.3 is 0 Å². The SMILES string of the molecule is CC(C)c1ccccc1[C@H](C)C(C)C. The van der Waals surface area contributed by atoms with Crippen LogP contribution in [0.1, 0.15) is 57.6 Å². The summed E-state index contributed by atoms with van der Waals surface area (Å²) < 4.78 is 0. The Bertz CT molecular complexity index is 284. The second-order valence-corrected chi connectivity index (χ2v) is 4.82. The lowest BCUT2D eigenvalue weighted by molar-refractivity contribution is 0.529. The second-order valence-electron chi connectivity index (χ2n) is 4.82. The molecule has 0 fully saturated rings. The molecule has 1 aromatic rings.